The van der Waals surface area contributed by atoms with E-state index in [1.165, 1.54) is 11.4 Å². The second kappa shape index (κ2) is 8.10. The molecule has 0 unspecified atom stereocenters. The third kappa shape index (κ3) is 3.98. The number of carbonyl (C=O) groups is 1. The second-order valence-electron chi connectivity index (χ2n) is 6.22. The minimum atomic E-state index is -3.76. The Kier molecular flexibility index (Phi) is 5.81. The van der Waals surface area contributed by atoms with E-state index in [4.69, 9.17) is 9.47 Å². The summed E-state index contributed by atoms with van der Waals surface area (Å²) in [7, 11) is -2.33. The number of sulfonamides is 1. The average molecular weight is 393 g/mol. The molecule has 1 fully saturated rings. The highest BCUT2D eigenvalue weighted by atomic mass is 32.2. The normalized spacial score (nSPS) is 16.2. The summed E-state index contributed by atoms with van der Waals surface area (Å²) in [5, 5.41) is 4.14. The monoisotopic (exact) mass is 393 g/mol. The molecule has 0 amide bonds. The van der Waals surface area contributed by atoms with Crippen molar-refractivity contribution in [1.29, 1.82) is 0 Å². The fraction of sp³-hybridized carbons (Fsp3) is 0.444. The van der Waals surface area contributed by atoms with Gasteiger partial charge in [0.2, 0.25) is 10.0 Å². The number of nitrogens with zero attached hydrogens (tertiary/aromatic N) is 3. The Morgan fingerprint density at radius 2 is 2.04 bits per heavy atom. The Morgan fingerprint density at radius 1 is 1.30 bits per heavy atom. The van der Waals surface area contributed by atoms with E-state index < -0.39 is 10.0 Å². The van der Waals surface area contributed by atoms with Crippen molar-refractivity contribution >= 4 is 16.0 Å². The van der Waals surface area contributed by atoms with Crippen molar-refractivity contribution < 1.29 is 22.7 Å². The summed E-state index contributed by atoms with van der Waals surface area (Å²) in [6.45, 7) is 2.62. The molecular formula is C18H23N3O5S. The van der Waals surface area contributed by atoms with E-state index in [-0.39, 0.29) is 35.6 Å². The topological polar surface area (TPSA) is 90.7 Å². The molecule has 1 saturated heterocycles. The van der Waals surface area contributed by atoms with Gasteiger partial charge in [-0.1, -0.05) is 0 Å². The first-order valence-electron chi connectivity index (χ1n) is 8.82. The lowest BCUT2D eigenvalue weighted by Gasteiger charge is -2.30. The standard InChI is InChI=1S/C18H23N3O5S/c1-3-26-18(22)14-7-11-20(12-8-14)27(23,24)17-13-15(5-6-16(17)25-2)21-10-4-9-19-21/h4-6,9-10,13-14H,3,7-8,11-12H2,1-2H3. The zero-order valence-electron chi connectivity index (χ0n) is 15.4. The quantitative estimate of drug-likeness (QED) is 0.696. The van der Waals surface area contributed by atoms with Gasteiger partial charge in [-0.2, -0.15) is 9.40 Å². The molecule has 2 aromatic rings. The summed E-state index contributed by atoms with van der Waals surface area (Å²) in [5.41, 5.74) is 0.626. The molecule has 0 atom stereocenters. The molecule has 9 heteroatoms. The summed E-state index contributed by atoms with van der Waals surface area (Å²) in [6.07, 6.45) is 4.25. The lowest BCUT2D eigenvalue weighted by atomic mass is 9.98. The summed E-state index contributed by atoms with van der Waals surface area (Å²) >= 11 is 0. The van der Waals surface area contributed by atoms with Gasteiger partial charge in [0.15, 0.2) is 0 Å². The van der Waals surface area contributed by atoms with Crippen molar-refractivity contribution in [3.05, 3.63) is 36.7 Å². The molecule has 146 valence electrons. The fourth-order valence-corrected chi connectivity index (χ4v) is 4.81. The van der Waals surface area contributed by atoms with Crippen LogP contribution in [0.3, 0.4) is 0 Å². The van der Waals surface area contributed by atoms with Crippen LogP contribution in [0.2, 0.25) is 0 Å². The van der Waals surface area contributed by atoms with Crippen molar-refractivity contribution in [2.45, 2.75) is 24.7 Å². The number of aromatic nitrogens is 2. The van der Waals surface area contributed by atoms with Crippen LogP contribution in [0.25, 0.3) is 5.69 Å². The first-order valence-corrected chi connectivity index (χ1v) is 10.3. The minimum absolute atomic E-state index is 0.0904. The lowest BCUT2D eigenvalue weighted by Crippen LogP contribution is -2.40. The van der Waals surface area contributed by atoms with Gasteiger partial charge in [-0.25, -0.2) is 13.1 Å². The SMILES string of the molecule is CCOC(=O)C1CCN(S(=O)(=O)c2cc(-n3cccn3)ccc2OC)CC1. The molecule has 27 heavy (non-hydrogen) atoms. The summed E-state index contributed by atoms with van der Waals surface area (Å²) in [5.74, 6) is -0.236. The van der Waals surface area contributed by atoms with Crippen molar-refractivity contribution in [1.82, 2.24) is 14.1 Å². The Hall–Kier alpha value is -2.39. The molecule has 0 radical (unpaired) electrons. The molecule has 0 spiro atoms. The maximum Gasteiger partial charge on any atom is 0.309 e. The largest absolute Gasteiger partial charge is 0.495 e. The highest BCUT2D eigenvalue weighted by Crippen LogP contribution is 2.31. The molecule has 0 N–H and O–H groups in total. The first-order chi connectivity index (χ1) is 13.0. The van der Waals surface area contributed by atoms with E-state index in [2.05, 4.69) is 5.10 Å². The number of rotatable bonds is 6. The number of methoxy groups -OCH3 is 1. The zero-order valence-corrected chi connectivity index (χ0v) is 16.2. The first kappa shape index (κ1) is 19.4. The molecule has 0 bridgehead atoms. The maximum absolute atomic E-state index is 13.2. The number of carbonyl (C=O) groups excluding carboxylic acids is 1. The van der Waals surface area contributed by atoms with Gasteiger partial charge in [-0.15, -0.1) is 0 Å². The number of hydrogen-bond donors (Lipinski definition) is 0. The van der Waals surface area contributed by atoms with Crippen molar-refractivity contribution in [2.75, 3.05) is 26.8 Å². The summed E-state index contributed by atoms with van der Waals surface area (Å²) in [4.78, 5) is 12.0. The van der Waals surface area contributed by atoms with Crippen LogP contribution in [-0.2, 0) is 19.6 Å². The van der Waals surface area contributed by atoms with Gasteiger partial charge in [0.25, 0.3) is 0 Å². The Labute approximate surface area is 158 Å². The van der Waals surface area contributed by atoms with E-state index in [1.807, 2.05) is 0 Å². The average Bonchev–Trinajstić information content (AvgIpc) is 3.22. The number of ether oxygens (including phenoxy) is 2. The van der Waals surface area contributed by atoms with E-state index in [0.29, 0.717) is 25.1 Å². The van der Waals surface area contributed by atoms with Crippen LogP contribution in [0.1, 0.15) is 19.8 Å². The van der Waals surface area contributed by atoms with E-state index in [0.717, 1.165) is 0 Å². The van der Waals surface area contributed by atoms with Crippen molar-refractivity contribution in [3.63, 3.8) is 0 Å². The van der Waals surface area contributed by atoms with Crippen molar-refractivity contribution in [2.24, 2.45) is 5.92 Å². The highest BCUT2D eigenvalue weighted by Gasteiger charge is 2.34. The van der Waals surface area contributed by atoms with Crippen LogP contribution in [-0.4, -0.2) is 55.3 Å². The van der Waals surface area contributed by atoms with Crippen LogP contribution in [0.4, 0.5) is 0 Å². The molecule has 8 nitrogen and oxygen atoms in total. The molecule has 1 aliphatic rings. The molecule has 1 aromatic heterocycles. The van der Waals surface area contributed by atoms with Gasteiger partial charge in [0.1, 0.15) is 10.6 Å². The summed E-state index contributed by atoms with van der Waals surface area (Å²) < 4.78 is 39.7. The van der Waals surface area contributed by atoms with Crippen LogP contribution >= 0.6 is 0 Å². The van der Waals surface area contributed by atoms with Crippen LogP contribution in [0.5, 0.6) is 5.75 Å². The number of benzene rings is 1. The fourth-order valence-electron chi connectivity index (χ4n) is 3.16. The van der Waals surface area contributed by atoms with E-state index >= 15 is 0 Å². The van der Waals surface area contributed by atoms with Gasteiger partial charge in [0.05, 0.1) is 25.3 Å². The number of esters is 1. The highest BCUT2D eigenvalue weighted by molar-refractivity contribution is 7.89. The molecule has 0 aliphatic carbocycles. The van der Waals surface area contributed by atoms with Crippen molar-refractivity contribution in [3.8, 4) is 11.4 Å². The van der Waals surface area contributed by atoms with Crippen LogP contribution < -0.4 is 4.74 Å². The zero-order chi connectivity index (χ0) is 19.4. The minimum Gasteiger partial charge on any atom is -0.495 e. The Morgan fingerprint density at radius 3 is 2.63 bits per heavy atom. The second-order valence-corrected chi connectivity index (χ2v) is 8.12. The van der Waals surface area contributed by atoms with Gasteiger partial charge < -0.3 is 9.47 Å². The van der Waals surface area contributed by atoms with Gasteiger partial charge in [-0.05, 0) is 44.0 Å². The smallest absolute Gasteiger partial charge is 0.309 e. The van der Waals surface area contributed by atoms with E-state index in [1.54, 1.807) is 48.3 Å². The maximum atomic E-state index is 13.2. The van der Waals surface area contributed by atoms with Crippen LogP contribution in [0, 0.1) is 5.92 Å². The van der Waals surface area contributed by atoms with Gasteiger partial charge in [0, 0.05) is 25.5 Å². The van der Waals surface area contributed by atoms with Crippen LogP contribution in [0.15, 0.2) is 41.6 Å². The molecule has 3 rings (SSSR count). The molecule has 1 aromatic carbocycles. The molecule has 2 heterocycles. The molecule has 1 aliphatic heterocycles. The summed E-state index contributed by atoms with van der Waals surface area (Å²) in [6, 6.07) is 6.68. The van der Waals surface area contributed by atoms with Gasteiger partial charge in [-0.3, -0.25) is 4.79 Å². The Balaban J connectivity index is 1.85. The predicted molar refractivity (Wildman–Crippen MR) is 98.2 cm³/mol. The number of piperidine rings is 1. The third-order valence-electron chi connectivity index (χ3n) is 4.61. The van der Waals surface area contributed by atoms with E-state index in [9.17, 15) is 13.2 Å². The Bertz CT molecular complexity index is 888. The lowest BCUT2D eigenvalue weighted by molar-refractivity contribution is -0.149. The van der Waals surface area contributed by atoms with Gasteiger partial charge >= 0.3 is 5.97 Å². The molecule has 0 saturated carbocycles. The number of hydrogen-bond acceptors (Lipinski definition) is 6. The molecular weight excluding hydrogens is 370 g/mol. The predicted octanol–water partition coefficient (Wildman–Crippen LogP) is 1.84. The third-order valence-corrected chi connectivity index (χ3v) is 6.53.